The minimum atomic E-state index is -0.00227. The number of carbonyl (C=O) groups is 1. The Morgan fingerprint density at radius 2 is 2.00 bits per heavy atom. The summed E-state index contributed by atoms with van der Waals surface area (Å²) in [6.45, 7) is 1.21. The molecule has 5 heteroatoms. The Morgan fingerprint density at radius 1 is 1.28 bits per heavy atom. The summed E-state index contributed by atoms with van der Waals surface area (Å²) < 4.78 is 5.03. The van der Waals surface area contributed by atoms with Crippen molar-refractivity contribution in [1.82, 2.24) is 5.32 Å². The molecule has 0 aromatic heterocycles. The van der Waals surface area contributed by atoms with E-state index < -0.39 is 0 Å². The van der Waals surface area contributed by atoms with Gasteiger partial charge in [-0.25, -0.2) is 0 Å². The molecule has 0 aliphatic heterocycles. The van der Waals surface area contributed by atoms with Gasteiger partial charge in [-0.2, -0.15) is 0 Å². The van der Waals surface area contributed by atoms with Crippen LogP contribution in [0, 0.1) is 0 Å². The lowest BCUT2D eigenvalue weighted by molar-refractivity contribution is -0.121. The van der Waals surface area contributed by atoms with Gasteiger partial charge in [0.2, 0.25) is 5.91 Å². The van der Waals surface area contributed by atoms with Crippen molar-refractivity contribution in [2.45, 2.75) is 12.8 Å². The number of carbonyl (C=O) groups excluding carboxylic acids is 1. The quantitative estimate of drug-likeness (QED) is 0.703. The largest absolute Gasteiger partial charge is 0.394 e. The molecule has 1 aromatic rings. The molecule has 0 heterocycles. The van der Waals surface area contributed by atoms with E-state index in [1.54, 1.807) is 0 Å². The average Bonchev–Trinajstić information content (AvgIpc) is 2.38. The highest BCUT2D eigenvalue weighted by Crippen LogP contribution is 2.10. The Balaban J connectivity index is 2.11. The van der Waals surface area contributed by atoms with Gasteiger partial charge in [0.15, 0.2) is 0 Å². The summed E-state index contributed by atoms with van der Waals surface area (Å²) in [6, 6.07) is 7.47. The highest BCUT2D eigenvalue weighted by molar-refractivity contribution is 6.30. The Bertz CT molecular complexity index is 354. The van der Waals surface area contributed by atoms with E-state index in [9.17, 15) is 4.79 Å². The molecule has 0 bridgehead atoms. The third-order valence-corrected chi connectivity index (χ3v) is 2.61. The lowest BCUT2D eigenvalue weighted by atomic mass is 10.1. The van der Waals surface area contributed by atoms with E-state index in [0.717, 1.165) is 5.56 Å². The van der Waals surface area contributed by atoms with Gasteiger partial charge in [0.25, 0.3) is 0 Å². The number of benzene rings is 1. The summed E-state index contributed by atoms with van der Waals surface area (Å²) in [5, 5.41) is 11.9. The van der Waals surface area contributed by atoms with Crippen molar-refractivity contribution < 1.29 is 14.6 Å². The molecule has 0 radical (unpaired) electrons. The number of rotatable bonds is 8. The van der Waals surface area contributed by atoms with E-state index >= 15 is 0 Å². The first-order valence-electron chi connectivity index (χ1n) is 5.92. The topological polar surface area (TPSA) is 58.6 Å². The number of hydrogen-bond donors (Lipinski definition) is 2. The Kier molecular flexibility index (Phi) is 7.41. The van der Waals surface area contributed by atoms with Crippen LogP contribution in [0.15, 0.2) is 24.3 Å². The Morgan fingerprint density at radius 3 is 2.67 bits per heavy atom. The highest BCUT2D eigenvalue weighted by Gasteiger charge is 2.01. The van der Waals surface area contributed by atoms with Gasteiger partial charge in [-0.1, -0.05) is 23.7 Å². The first kappa shape index (κ1) is 15.0. The molecular formula is C13H18ClNO3. The van der Waals surface area contributed by atoms with Crippen LogP contribution in [0.5, 0.6) is 0 Å². The van der Waals surface area contributed by atoms with Crippen LogP contribution in [0.25, 0.3) is 0 Å². The molecule has 0 fully saturated rings. The molecular weight excluding hydrogens is 254 g/mol. The van der Waals surface area contributed by atoms with Crippen LogP contribution in [-0.4, -0.2) is 37.4 Å². The molecule has 0 aliphatic carbocycles. The molecule has 0 spiro atoms. The molecule has 0 aliphatic rings. The molecule has 4 nitrogen and oxygen atoms in total. The second-order valence-corrected chi connectivity index (χ2v) is 4.25. The van der Waals surface area contributed by atoms with Crippen LogP contribution < -0.4 is 5.32 Å². The summed E-state index contributed by atoms with van der Waals surface area (Å²) in [5.74, 6) is -0.00227. The van der Waals surface area contributed by atoms with E-state index in [1.165, 1.54) is 0 Å². The summed E-state index contributed by atoms with van der Waals surface area (Å²) in [4.78, 5) is 11.5. The van der Waals surface area contributed by atoms with Crippen molar-refractivity contribution in [3.63, 3.8) is 0 Å². The normalized spacial score (nSPS) is 10.3. The summed E-state index contributed by atoms with van der Waals surface area (Å²) in [6.07, 6.45) is 1.14. The molecule has 100 valence electrons. The lowest BCUT2D eigenvalue weighted by Crippen LogP contribution is -2.27. The molecule has 18 heavy (non-hydrogen) atoms. The second-order valence-electron chi connectivity index (χ2n) is 3.81. The van der Waals surface area contributed by atoms with Crippen molar-refractivity contribution in [2.75, 3.05) is 26.4 Å². The number of hydrogen-bond acceptors (Lipinski definition) is 3. The van der Waals surface area contributed by atoms with Crippen molar-refractivity contribution in [1.29, 1.82) is 0 Å². The van der Waals surface area contributed by atoms with Crippen molar-refractivity contribution in [3.05, 3.63) is 34.9 Å². The molecule has 0 unspecified atom stereocenters. The molecule has 0 saturated carbocycles. The van der Waals surface area contributed by atoms with Gasteiger partial charge >= 0.3 is 0 Å². The predicted molar refractivity (Wildman–Crippen MR) is 70.7 cm³/mol. The van der Waals surface area contributed by atoms with Crippen molar-refractivity contribution in [2.24, 2.45) is 0 Å². The van der Waals surface area contributed by atoms with E-state index in [0.29, 0.717) is 37.6 Å². The zero-order valence-electron chi connectivity index (χ0n) is 10.2. The number of aliphatic hydroxyl groups is 1. The maximum Gasteiger partial charge on any atom is 0.220 e. The maximum absolute atomic E-state index is 11.5. The Hall–Kier alpha value is -1.10. The van der Waals surface area contributed by atoms with Crippen LogP contribution in [0.4, 0.5) is 0 Å². The fourth-order valence-electron chi connectivity index (χ4n) is 1.43. The van der Waals surface area contributed by atoms with Gasteiger partial charge in [0.05, 0.1) is 19.8 Å². The molecule has 0 atom stereocenters. The van der Waals surface area contributed by atoms with Gasteiger partial charge in [0, 0.05) is 18.0 Å². The fraction of sp³-hybridized carbons (Fsp3) is 0.462. The minimum absolute atomic E-state index is 0.00227. The molecule has 1 aromatic carbocycles. The minimum Gasteiger partial charge on any atom is -0.394 e. The summed E-state index contributed by atoms with van der Waals surface area (Å²) in [5.41, 5.74) is 1.09. The number of nitrogens with one attached hydrogen (secondary N) is 1. The van der Waals surface area contributed by atoms with E-state index in [4.69, 9.17) is 21.4 Å². The number of amides is 1. The van der Waals surface area contributed by atoms with Crippen molar-refractivity contribution >= 4 is 17.5 Å². The number of aryl methyl sites for hydroxylation is 1. The fourth-order valence-corrected chi connectivity index (χ4v) is 1.55. The zero-order valence-corrected chi connectivity index (χ0v) is 10.9. The molecule has 1 amide bonds. The maximum atomic E-state index is 11.5. The van der Waals surface area contributed by atoms with Crippen LogP contribution in [-0.2, 0) is 16.0 Å². The second kappa shape index (κ2) is 8.91. The number of ether oxygens (including phenoxy) is 1. The van der Waals surface area contributed by atoms with Gasteiger partial charge in [-0.15, -0.1) is 0 Å². The SMILES string of the molecule is O=C(CCc1ccc(Cl)cc1)NCCOCCO. The highest BCUT2D eigenvalue weighted by atomic mass is 35.5. The molecule has 1 rings (SSSR count). The average molecular weight is 272 g/mol. The van der Waals surface area contributed by atoms with Gasteiger partial charge in [-0.3, -0.25) is 4.79 Å². The summed E-state index contributed by atoms with van der Waals surface area (Å²) in [7, 11) is 0. The van der Waals surface area contributed by atoms with E-state index in [2.05, 4.69) is 5.32 Å². The Labute approximate surface area is 112 Å². The number of aliphatic hydroxyl groups excluding tert-OH is 1. The van der Waals surface area contributed by atoms with Gasteiger partial charge in [-0.05, 0) is 24.1 Å². The van der Waals surface area contributed by atoms with E-state index in [1.807, 2.05) is 24.3 Å². The van der Waals surface area contributed by atoms with E-state index in [-0.39, 0.29) is 12.5 Å². The third kappa shape index (κ3) is 6.59. The molecule has 0 saturated heterocycles. The van der Waals surface area contributed by atoms with Gasteiger partial charge < -0.3 is 15.2 Å². The smallest absolute Gasteiger partial charge is 0.220 e. The molecule has 2 N–H and O–H groups in total. The van der Waals surface area contributed by atoms with Crippen LogP contribution in [0.3, 0.4) is 0 Å². The van der Waals surface area contributed by atoms with Crippen LogP contribution >= 0.6 is 11.6 Å². The van der Waals surface area contributed by atoms with Gasteiger partial charge in [0.1, 0.15) is 0 Å². The lowest BCUT2D eigenvalue weighted by Gasteiger charge is -2.05. The summed E-state index contributed by atoms with van der Waals surface area (Å²) >= 11 is 5.77. The first-order chi connectivity index (χ1) is 8.72. The van der Waals surface area contributed by atoms with Crippen molar-refractivity contribution in [3.8, 4) is 0 Å². The standard InChI is InChI=1S/C13H18ClNO3/c14-12-4-1-11(2-5-12)3-6-13(17)15-7-9-18-10-8-16/h1-2,4-5,16H,3,6-10H2,(H,15,17). The van der Waals surface area contributed by atoms with Crippen LogP contribution in [0.2, 0.25) is 5.02 Å². The number of halogens is 1. The monoisotopic (exact) mass is 271 g/mol. The van der Waals surface area contributed by atoms with Crippen LogP contribution in [0.1, 0.15) is 12.0 Å². The predicted octanol–water partition coefficient (Wildman–Crippen LogP) is 1.40. The first-order valence-corrected chi connectivity index (χ1v) is 6.30. The zero-order chi connectivity index (χ0) is 13.2. The third-order valence-electron chi connectivity index (χ3n) is 2.36.